The molecule has 0 fully saturated rings. The van der Waals surface area contributed by atoms with Gasteiger partial charge in [-0.3, -0.25) is 0 Å². The molecule has 0 aliphatic carbocycles. The molecule has 0 aromatic heterocycles. The van der Waals surface area contributed by atoms with E-state index in [1.807, 2.05) is 25.1 Å². The molecule has 2 aromatic rings. The van der Waals surface area contributed by atoms with Gasteiger partial charge in [0.15, 0.2) is 0 Å². The molecule has 2 rings (SSSR count). The van der Waals surface area contributed by atoms with Gasteiger partial charge in [0, 0.05) is 6.54 Å². The summed E-state index contributed by atoms with van der Waals surface area (Å²) in [6.07, 6.45) is 1.00. The molecule has 22 heavy (non-hydrogen) atoms. The fourth-order valence-electron chi connectivity index (χ4n) is 2.18. The summed E-state index contributed by atoms with van der Waals surface area (Å²) >= 11 is 3.54. The van der Waals surface area contributed by atoms with Crippen LogP contribution in [0.25, 0.3) is 0 Å². The molecule has 2 aromatic carbocycles. The Balaban J connectivity index is 1.77. The number of halogens is 1. The van der Waals surface area contributed by atoms with Crippen LogP contribution >= 0.6 is 15.9 Å². The first-order valence-corrected chi connectivity index (χ1v) is 8.27. The van der Waals surface area contributed by atoms with E-state index in [4.69, 9.17) is 9.47 Å². The largest absolute Gasteiger partial charge is 0.497 e. The average molecular weight is 364 g/mol. The van der Waals surface area contributed by atoms with Crippen LogP contribution in [0, 0.1) is 0 Å². The smallest absolute Gasteiger partial charge is 0.133 e. The Kier molecular flexibility index (Phi) is 6.74. The molecule has 0 unspecified atom stereocenters. The first-order valence-electron chi connectivity index (χ1n) is 7.47. The van der Waals surface area contributed by atoms with E-state index in [2.05, 4.69) is 45.5 Å². The van der Waals surface area contributed by atoms with Crippen LogP contribution in [0.5, 0.6) is 11.5 Å². The van der Waals surface area contributed by atoms with E-state index >= 15 is 0 Å². The van der Waals surface area contributed by atoms with Gasteiger partial charge in [-0.05, 0) is 71.2 Å². The van der Waals surface area contributed by atoms with Gasteiger partial charge in [-0.1, -0.05) is 18.2 Å². The number of nitrogens with one attached hydrogen (secondary N) is 1. The van der Waals surface area contributed by atoms with Crippen LogP contribution in [-0.4, -0.2) is 20.3 Å². The lowest BCUT2D eigenvalue weighted by atomic mass is 10.1. The Labute approximate surface area is 140 Å². The summed E-state index contributed by atoms with van der Waals surface area (Å²) in [6.45, 7) is 4.46. The van der Waals surface area contributed by atoms with Gasteiger partial charge in [0.25, 0.3) is 0 Å². The molecule has 0 amide bonds. The molecule has 1 N–H and O–H groups in total. The zero-order valence-corrected chi connectivity index (χ0v) is 14.7. The first-order chi connectivity index (χ1) is 10.7. The molecule has 0 radical (unpaired) electrons. The van der Waals surface area contributed by atoms with E-state index in [1.54, 1.807) is 7.11 Å². The second kappa shape index (κ2) is 8.81. The van der Waals surface area contributed by atoms with Crippen LogP contribution in [0.15, 0.2) is 46.9 Å². The maximum absolute atomic E-state index is 5.52. The topological polar surface area (TPSA) is 30.5 Å². The van der Waals surface area contributed by atoms with Gasteiger partial charge in [0.2, 0.25) is 0 Å². The van der Waals surface area contributed by atoms with E-state index in [0.717, 1.165) is 35.5 Å². The predicted octanol–water partition coefficient (Wildman–Crippen LogP) is 4.19. The van der Waals surface area contributed by atoms with Crippen LogP contribution < -0.4 is 14.8 Å². The van der Waals surface area contributed by atoms with Gasteiger partial charge >= 0.3 is 0 Å². The number of hydrogen-bond donors (Lipinski definition) is 1. The summed E-state index contributed by atoms with van der Waals surface area (Å²) in [6, 6.07) is 14.4. The van der Waals surface area contributed by atoms with E-state index < -0.39 is 0 Å². The van der Waals surface area contributed by atoms with Crippen molar-refractivity contribution in [1.82, 2.24) is 5.32 Å². The zero-order valence-electron chi connectivity index (χ0n) is 13.1. The third-order valence-corrected chi connectivity index (χ3v) is 3.99. The fourth-order valence-corrected chi connectivity index (χ4v) is 2.73. The molecule has 0 heterocycles. The van der Waals surface area contributed by atoms with Crippen molar-refractivity contribution in [2.75, 3.05) is 20.3 Å². The zero-order chi connectivity index (χ0) is 15.8. The van der Waals surface area contributed by atoms with E-state index in [0.29, 0.717) is 6.61 Å². The number of rotatable bonds is 8. The molecule has 118 valence electrons. The average Bonchev–Trinajstić information content (AvgIpc) is 2.55. The molecular weight excluding hydrogens is 342 g/mol. The molecule has 0 aliphatic heterocycles. The van der Waals surface area contributed by atoms with E-state index in [1.165, 1.54) is 11.1 Å². The molecule has 0 saturated carbocycles. The molecule has 0 atom stereocenters. The second-order valence-electron chi connectivity index (χ2n) is 4.97. The van der Waals surface area contributed by atoms with Gasteiger partial charge in [-0.2, -0.15) is 0 Å². The Hall–Kier alpha value is -1.52. The number of hydrogen-bond acceptors (Lipinski definition) is 3. The Morgan fingerprint density at radius 2 is 1.77 bits per heavy atom. The molecule has 0 saturated heterocycles. The van der Waals surface area contributed by atoms with Gasteiger partial charge in [0.1, 0.15) is 11.5 Å². The summed E-state index contributed by atoms with van der Waals surface area (Å²) in [7, 11) is 1.69. The molecular formula is C18H22BrNO2. The highest BCUT2D eigenvalue weighted by Crippen LogP contribution is 2.25. The Morgan fingerprint density at radius 1 is 1.05 bits per heavy atom. The Morgan fingerprint density at radius 3 is 2.41 bits per heavy atom. The van der Waals surface area contributed by atoms with Crippen LogP contribution in [0.4, 0.5) is 0 Å². The van der Waals surface area contributed by atoms with Crippen molar-refractivity contribution < 1.29 is 9.47 Å². The lowest BCUT2D eigenvalue weighted by molar-refractivity contribution is 0.338. The van der Waals surface area contributed by atoms with Gasteiger partial charge in [0.05, 0.1) is 18.2 Å². The SMILES string of the molecule is CCOc1ccc(CNCCc2ccc(OC)cc2)cc1Br. The van der Waals surface area contributed by atoms with Crippen LogP contribution in [-0.2, 0) is 13.0 Å². The van der Waals surface area contributed by atoms with Crippen molar-refractivity contribution in [3.05, 3.63) is 58.1 Å². The highest BCUT2D eigenvalue weighted by Gasteiger charge is 2.02. The lowest BCUT2D eigenvalue weighted by Gasteiger charge is -2.09. The molecule has 3 nitrogen and oxygen atoms in total. The third-order valence-electron chi connectivity index (χ3n) is 3.37. The lowest BCUT2D eigenvalue weighted by Crippen LogP contribution is -2.16. The fraction of sp³-hybridized carbons (Fsp3) is 0.333. The maximum Gasteiger partial charge on any atom is 0.133 e. The highest BCUT2D eigenvalue weighted by molar-refractivity contribution is 9.10. The monoisotopic (exact) mass is 363 g/mol. The number of ether oxygens (including phenoxy) is 2. The minimum absolute atomic E-state index is 0.679. The molecule has 0 bridgehead atoms. The number of methoxy groups -OCH3 is 1. The summed E-state index contributed by atoms with van der Waals surface area (Å²) in [5, 5.41) is 3.46. The van der Waals surface area contributed by atoms with Crippen LogP contribution in [0.3, 0.4) is 0 Å². The highest BCUT2D eigenvalue weighted by atomic mass is 79.9. The molecule has 0 aliphatic rings. The minimum atomic E-state index is 0.679. The standard InChI is InChI=1S/C18H22BrNO2/c1-3-22-18-9-6-15(12-17(18)19)13-20-11-10-14-4-7-16(21-2)8-5-14/h4-9,12,20H,3,10-11,13H2,1-2H3. The molecule has 4 heteroatoms. The minimum Gasteiger partial charge on any atom is -0.497 e. The summed E-state index contributed by atoms with van der Waals surface area (Å²) in [5.41, 5.74) is 2.55. The van der Waals surface area contributed by atoms with Crippen LogP contribution in [0.2, 0.25) is 0 Å². The second-order valence-corrected chi connectivity index (χ2v) is 5.83. The van der Waals surface area contributed by atoms with Crippen molar-refractivity contribution >= 4 is 15.9 Å². The van der Waals surface area contributed by atoms with Gasteiger partial charge in [-0.15, -0.1) is 0 Å². The predicted molar refractivity (Wildman–Crippen MR) is 93.7 cm³/mol. The Bertz CT molecular complexity index is 584. The van der Waals surface area contributed by atoms with E-state index in [-0.39, 0.29) is 0 Å². The first kappa shape index (κ1) is 16.8. The summed E-state index contributed by atoms with van der Waals surface area (Å²) in [4.78, 5) is 0. The van der Waals surface area contributed by atoms with Gasteiger partial charge in [-0.25, -0.2) is 0 Å². The van der Waals surface area contributed by atoms with E-state index in [9.17, 15) is 0 Å². The molecule has 0 spiro atoms. The maximum atomic E-state index is 5.52. The van der Waals surface area contributed by atoms with Crippen LogP contribution in [0.1, 0.15) is 18.1 Å². The third kappa shape index (κ3) is 5.04. The van der Waals surface area contributed by atoms with Gasteiger partial charge < -0.3 is 14.8 Å². The van der Waals surface area contributed by atoms with Crippen molar-refractivity contribution in [2.24, 2.45) is 0 Å². The quantitative estimate of drug-likeness (QED) is 0.713. The number of benzene rings is 2. The summed E-state index contributed by atoms with van der Waals surface area (Å²) < 4.78 is 11.7. The van der Waals surface area contributed by atoms with Crippen molar-refractivity contribution in [3.63, 3.8) is 0 Å². The summed E-state index contributed by atoms with van der Waals surface area (Å²) in [5.74, 6) is 1.79. The van der Waals surface area contributed by atoms with Crippen molar-refractivity contribution in [1.29, 1.82) is 0 Å². The van der Waals surface area contributed by atoms with Crippen molar-refractivity contribution in [2.45, 2.75) is 19.9 Å². The normalized spacial score (nSPS) is 10.5. The van der Waals surface area contributed by atoms with Crippen molar-refractivity contribution in [3.8, 4) is 11.5 Å².